The van der Waals surface area contributed by atoms with Crippen LogP contribution in [0, 0.1) is 5.95 Å². The van der Waals surface area contributed by atoms with E-state index in [1.165, 1.54) is 6.07 Å². The lowest BCUT2D eigenvalue weighted by Gasteiger charge is -2.23. The van der Waals surface area contributed by atoms with E-state index in [4.69, 9.17) is 0 Å². The van der Waals surface area contributed by atoms with Crippen LogP contribution in [0.3, 0.4) is 0 Å². The first-order chi connectivity index (χ1) is 7.63. The summed E-state index contributed by atoms with van der Waals surface area (Å²) < 4.78 is 12.8. The lowest BCUT2D eigenvalue weighted by molar-refractivity contribution is 0.261. The van der Waals surface area contributed by atoms with Gasteiger partial charge in [0.25, 0.3) is 0 Å². The van der Waals surface area contributed by atoms with Gasteiger partial charge in [-0.1, -0.05) is 13.0 Å². The molecule has 0 aliphatic rings. The standard InChI is InChI=1S/C12H20FN3/c1-4-10(2)16(3)9-8-14-12-7-5-6-11(13)15-12/h5-7,10H,4,8-9H2,1-3H3,(H,14,15). The summed E-state index contributed by atoms with van der Waals surface area (Å²) in [5.41, 5.74) is 0. The molecule has 0 aromatic carbocycles. The molecule has 0 bridgehead atoms. The number of hydrogen-bond donors (Lipinski definition) is 1. The van der Waals surface area contributed by atoms with Gasteiger partial charge in [0.05, 0.1) is 0 Å². The molecular weight excluding hydrogens is 205 g/mol. The van der Waals surface area contributed by atoms with E-state index in [0.29, 0.717) is 11.9 Å². The number of aromatic nitrogens is 1. The summed E-state index contributed by atoms with van der Waals surface area (Å²) in [7, 11) is 2.09. The van der Waals surface area contributed by atoms with Gasteiger partial charge >= 0.3 is 0 Å². The molecule has 1 rings (SSSR count). The molecule has 1 heterocycles. The minimum Gasteiger partial charge on any atom is -0.369 e. The molecule has 0 spiro atoms. The molecule has 1 N–H and O–H groups in total. The molecule has 1 aromatic rings. The van der Waals surface area contributed by atoms with Crippen LogP contribution in [0.25, 0.3) is 0 Å². The minimum atomic E-state index is -0.444. The van der Waals surface area contributed by atoms with E-state index in [0.717, 1.165) is 19.5 Å². The molecule has 0 aliphatic heterocycles. The summed E-state index contributed by atoms with van der Waals surface area (Å²) in [5, 5.41) is 3.10. The Morgan fingerprint density at radius 3 is 2.88 bits per heavy atom. The van der Waals surface area contributed by atoms with Crippen molar-refractivity contribution in [1.82, 2.24) is 9.88 Å². The number of anilines is 1. The van der Waals surface area contributed by atoms with E-state index in [-0.39, 0.29) is 0 Å². The van der Waals surface area contributed by atoms with E-state index in [1.807, 2.05) is 0 Å². The Labute approximate surface area is 96.7 Å². The number of rotatable bonds is 6. The Kier molecular flexibility index (Phi) is 5.19. The molecule has 0 saturated carbocycles. The zero-order chi connectivity index (χ0) is 12.0. The second-order valence-electron chi connectivity index (χ2n) is 4.01. The highest BCUT2D eigenvalue weighted by Gasteiger charge is 2.05. The van der Waals surface area contributed by atoms with Gasteiger partial charge in [-0.3, -0.25) is 0 Å². The Balaban J connectivity index is 2.30. The van der Waals surface area contributed by atoms with E-state index < -0.39 is 5.95 Å². The summed E-state index contributed by atoms with van der Waals surface area (Å²) >= 11 is 0. The summed E-state index contributed by atoms with van der Waals surface area (Å²) in [4.78, 5) is 6.01. The van der Waals surface area contributed by atoms with Crippen molar-refractivity contribution in [3.05, 3.63) is 24.1 Å². The van der Waals surface area contributed by atoms with Crippen molar-refractivity contribution in [3.63, 3.8) is 0 Å². The predicted molar refractivity (Wildman–Crippen MR) is 65.1 cm³/mol. The van der Waals surface area contributed by atoms with Crippen molar-refractivity contribution in [1.29, 1.82) is 0 Å². The van der Waals surface area contributed by atoms with Crippen molar-refractivity contribution in [2.75, 3.05) is 25.5 Å². The average molecular weight is 225 g/mol. The van der Waals surface area contributed by atoms with Crippen molar-refractivity contribution in [3.8, 4) is 0 Å². The van der Waals surface area contributed by atoms with Crippen LogP contribution in [-0.2, 0) is 0 Å². The van der Waals surface area contributed by atoms with Crippen molar-refractivity contribution < 1.29 is 4.39 Å². The third kappa shape index (κ3) is 4.14. The van der Waals surface area contributed by atoms with Crippen LogP contribution >= 0.6 is 0 Å². The third-order valence-corrected chi connectivity index (χ3v) is 2.83. The Morgan fingerprint density at radius 1 is 1.50 bits per heavy atom. The first-order valence-corrected chi connectivity index (χ1v) is 5.70. The molecule has 16 heavy (non-hydrogen) atoms. The molecule has 1 aromatic heterocycles. The maximum absolute atomic E-state index is 12.8. The fourth-order valence-corrected chi connectivity index (χ4v) is 1.40. The van der Waals surface area contributed by atoms with Crippen LogP contribution in [0.1, 0.15) is 20.3 Å². The summed E-state index contributed by atoms with van der Waals surface area (Å²) in [6, 6.07) is 5.34. The quantitative estimate of drug-likeness (QED) is 0.753. The molecule has 3 nitrogen and oxygen atoms in total. The average Bonchev–Trinajstić information content (AvgIpc) is 2.28. The van der Waals surface area contributed by atoms with Gasteiger partial charge in [0.1, 0.15) is 5.82 Å². The highest BCUT2D eigenvalue weighted by molar-refractivity contribution is 5.33. The third-order valence-electron chi connectivity index (χ3n) is 2.83. The Hall–Kier alpha value is -1.16. The summed E-state index contributed by atoms with van der Waals surface area (Å²) in [5.74, 6) is 0.151. The van der Waals surface area contributed by atoms with E-state index in [2.05, 4.69) is 36.1 Å². The predicted octanol–water partition coefficient (Wildman–Crippen LogP) is 2.36. The van der Waals surface area contributed by atoms with Gasteiger partial charge in [0, 0.05) is 19.1 Å². The van der Waals surface area contributed by atoms with Crippen molar-refractivity contribution >= 4 is 5.82 Å². The molecule has 4 heteroatoms. The number of halogens is 1. The normalized spacial score (nSPS) is 12.8. The van der Waals surface area contributed by atoms with E-state index in [9.17, 15) is 4.39 Å². The number of hydrogen-bond acceptors (Lipinski definition) is 3. The number of pyridine rings is 1. The number of nitrogens with zero attached hydrogens (tertiary/aromatic N) is 2. The summed E-state index contributed by atoms with van der Waals surface area (Å²) in [6.45, 7) is 6.06. The largest absolute Gasteiger partial charge is 0.369 e. The van der Waals surface area contributed by atoms with Gasteiger partial charge in [-0.2, -0.15) is 4.39 Å². The molecule has 0 fully saturated rings. The van der Waals surface area contributed by atoms with E-state index in [1.54, 1.807) is 12.1 Å². The molecule has 90 valence electrons. The maximum Gasteiger partial charge on any atom is 0.214 e. The molecule has 0 saturated heterocycles. The monoisotopic (exact) mass is 225 g/mol. The highest BCUT2D eigenvalue weighted by atomic mass is 19.1. The maximum atomic E-state index is 12.8. The molecule has 1 atom stereocenters. The lowest BCUT2D eigenvalue weighted by Crippen LogP contribution is -2.32. The van der Waals surface area contributed by atoms with Crippen LogP contribution in [0.2, 0.25) is 0 Å². The van der Waals surface area contributed by atoms with Gasteiger partial charge in [0.2, 0.25) is 5.95 Å². The fourth-order valence-electron chi connectivity index (χ4n) is 1.40. The smallest absolute Gasteiger partial charge is 0.214 e. The van der Waals surface area contributed by atoms with Crippen LogP contribution in [0.5, 0.6) is 0 Å². The number of nitrogens with one attached hydrogen (secondary N) is 1. The van der Waals surface area contributed by atoms with Gasteiger partial charge in [-0.05, 0) is 32.5 Å². The fraction of sp³-hybridized carbons (Fsp3) is 0.583. The van der Waals surface area contributed by atoms with Gasteiger partial charge in [-0.15, -0.1) is 0 Å². The Morgan fingerprint density at radius 2 is 2.25 bits per heavy atom. The minimum absolute atomic E-state index is 0.444. The zero-order valence-electron chi connectivity index (χ0n) is 10.2. The molecule has 0 radical (unpaired) electrons. The highest BCUT2D eigenvalue weighted by Crippen LogP contribution is 2.03. The van der Waals surface area contributed by atoms with Gasteiger partial charge in [-0.25, -0.2) is 4.98 Å². The molecule has 0 aliphatic carbocycles. The summed E-state index contributed by atoms with van der Waals surface area (Å²) in [6.07, 6.45) is 1.13. The van der Waals surface area contributed by atoms with Crippen molar-refractivity contribution in [2.24, 2.45) is 0 Å². The molecule has 0 amide bonds. The first-order valence-electron chi connectivity index (χ1n) is 5.70. The topological polar surface area (TPSA) is 28.2 Å². The zero-order valence-corrected chi connectivity index (χ0v) is 10.2. The van der Waals surface area contributed by atoms with Crippen LogP contribution in [0.15, 0.2) is 18.2 Å². The molecule has 1 unspecified atom stereocenters. The SMILES string of the molecule is CCC(C)N(C)CCNc1cccc(F)n1. The lowest BCUT2D eigenvalue weighted by atomic mass is 10.2. The Bertz CT molecular complexity index is 317. The van der Waals surface area contributed by atoms with Gasteiger partial charge < -0.3 is 10.2 Å². The molecular formula is C12H20FN3. The van der Waals surface area contributed by atoms with Crippen LogP contribution < -0.4 is 5.32 Å². The van der Waals surface area contributed by atoms with Crippen LogP contribution in [-0.4, -0.2) is 36.1 Å². The van der Waals surface area contributed by atoms with Gasteiger partial charge in [0.15, 0.2) is 0 Å². The second-order valence-corrected chi connectivity index (χ2v) is 4.01. The van der Waals surface area contributed by atoms with E-state index >= 15 is 0 Å². The van der Waals surface area contributed by atoms with Crippen molar-refractivity contribution in [2.45, 2.75) is 26.3 Å². The number of likely N-dealkylation sites (N-methyl/N-ethyl adjacent to an activating group) is 1. The van der Waals surface area contributed by atoms with Crippen LogP contribution in [0.4, 0.5) is 10.2 Å². The second kappa shape index (κ2) is 6.43. The first kappa shape index (κ1) is 12.9.